The molecule has 4 aromatic rings. The molecule has 0 radical (unpaired) electrons. The second-order valence-corrected chi connectivity index (χ2v) is 8.72. The Balaban J connectivity index is 1.45. The molecule has 1 fully saturated rings. The summed E-state index contributed by atoms with van der Waals surface area (Å²) < 4.78 is 12.9. The van der Waals surface area contributed by atoms with Gasteiger partial charge in [0.15, 0.2) is 0 Å². The van der Waals surface area contributed by atoms with Crippen molar-refractivity contribution < 1.29 is 14.3 Å². The zero-order valence-corrected chi connectivity index (χ0v) is 19.8. The van der Waals surface area contributed by atoms with Gasteiger partial charge in [-0.3, -0.25) is 4.79 Å². The van der Waals surface area contributed by atoms with Crippen molar-refractivity contribution in [3.05, 3.63) is 72.6 Å². The number of hydrogen-bond donors (Lipinski definition) is 1. The molecule has 0 aliphatic carbocycles. The number of pyridine rings is 1. The number of nitrogen functional groups attached to an aromatic ring is 1. The normalized spacial score (nSPS) is 15.9. The topological polar surface area (TPSA) is 95.5 Å². The second kappa shape index (κ2) is 10.1. The Morgan fingerprint density at radius 2 is 1.86 bits per heavy atom. The first-order valence-electron chi connectivity index (χ1n) is 11.9. The second-order valence-electron chi connectivity index (χ2n) is 8.72. The molecule has 3 heterocycles. The number of nitrogens with two attached hydrogens (primary N) is 1. The van der Waals surface area contributed by atoms with E-state index in [0.29, 0.717) is 25.4 Å². The van der Waals surface area contributed by atoms with Gasteiger partial charge in [0.05, 0.1) is 24.4 Å². The van der Waals surface area contributed by atoms with Crippen molar-refractivity contribution in [2.45, 2.75) is 25.2 Å². The van der Waals surface area contributed by atoms with E-state index in [4.69, 9.17) is 20.3 Å². The predicted octanol–water partition coefficient (Wildman–Crippen LogP) is 4.54. The van der Waals surface area contributed by atoms with Crippen LogP contribution in [0.15, 0.2) is 66.9 Å². The van der Waals surface area contributed by atoms with Crippen LogP contribution in [0.5, 0.6) is 11.5 Å². The number of likely N-dealkylation sites (tertiary alicyclic amines) is 1. The van der Waals surface area contributed by atoms with Gasteiger partial charge in [0.2, 0.25) is 5.91 Å². The molecule has 1 amide bonds. The Labute approximate surface area is 204 Å². The van der Waals surface area contributed by atoms with Gasteiger partial charge in [-0.2, -0.15) is 5.10 Å². The number of carbonyl (C=O) groups excluding carboxylic acids is 1. The molecule has 35 heavy (non-hydrogen) atoms. The molecule has 1 atom stereocenters. The molecule has 1 saturated heterocycles. The minimum atomic E-state index is 0.121. The van der Waals surface area contributed by atoms with Gasteiger partial charge in [-0.1, -0.05) is 18.2 Å². The number of benzene rings is 2. The summed E-state index contributed by atoms with van der Waals surface area (Å²) >= 11 is 0. The van der Waals surface area contributed by atoms with Gasteiger partial charge >= 0.3 is 0 Å². The van der Waals surface area contributed by atoms with Gasteiger partial charge < -0.3 is 20.1 Å². The monoisotopic (exact) mass is 471 g/mol. The van der Waals surface area contributed by atoms with Crippen molar-refractivity contribution in [1.82, 2.24) is 19.7 Å². The van der Waals surface area contributed by atoms with Crippen molar-refractivity contribution in [1.29, 1.82) is 0 Å². The minimum Gasteiger partial charge on any atom is -0.457 e. The summed E-state index contributed by atoms with van der Waals surface area (Å²) in [5, 5.41) is 5.98. The highest BCUT2D eigenvalue weighted by molar-refractivity contribution is 5.91. The van der Waals surface area contributed by atoms with Crippen LogP contribution in [0.2, 0.25) is 0 Å². The van der Waals surface area contributed by atoms with E-state index >= 15 is 0 Å². The number of anilines is 1. The molecule has 1 aliphatic heterocycles. The SMILES string of the molecule is COCCC(=O)N1CCC[C@@H](c2nn(-c3ccc(Oc4ccccc4)cc3)c3c(N)nccc23)C1. The smallest absolute Gasteiger partial charge is 0.224 e. The minimum absolute atomic E-state index is 0.121. The number of aromatic nitrogens is 3. The molecule has 1 aliphatic rings. The summed E-state index contributed by atoms with van der Waals surface area (Å²) in [6.07, 6.45) is 4.01. The van der Waals surface area contributed by atoms with Crippen molar-refractivity contribution >= 4 is 22.6 Å². The Morgan fingerprint density at radius 3 is 2.63 bits per heavy atom. The van der Waals surface area contributed by atoms with Gasteiger partial charge in [0.25, 0.3) is 0 Å². The molecular weight excluding hydrogens is 442 g/mol. The Kier molecular flexibility index (Phi) is 6.63. The third-order valence-corrected chi connectivity index (χ3v) is 6.39. The van der Waals surface area contributed by atoms with E-state index < -0.39 is 0 Å². The van der Waals surface area contributed by atoms with Gasteiger partial charge in [0, 0.05) is 37.7 Å². The van der Waals surface area contributed by atoms with Crippen LogP contribution in [-0.2, 0) is 9.53 Å². The van der Waals surface area contributed by atoms with Crippen LogP contribution in [0.4, 0.5) is 5.82 Å². The predicted molar refractivity (Wildman–Crippen MR) is 135 cm³/mol. The lowest BCUT2D eigenvalue weighted by atomic mass is 9.93. The third kappa shape index (κ3) is 4.83. The van der Waals surface area contributed by atoms with E-state index in [0.717, 1.165) is 53.2 Å². The molecule has 0 unspecified atom stereocenters. The van der Waals surface area contributed by atoms with Crippen molar-refractivity contribution in [2.24, 2.45) is 0 Å². The number of carbonyl (C=O) groups is 1. The highest BCUT2D eigenvalue weighted by Gasteiger charge is 2.29. The number of ether oxygens (including phenoxy) is 2. The quantitative estimate of drug-likeness (QED) is 0.425. The fraction of sp³-hybridized carbons (Fsp3) is 0.296. The van der Waals surface area contributed by atoms with E-state index in [1.165, 1.54) is 0 Å². The standard InChI is InChI=1S/C27H29N5O3/c1-34-17-14-24(33)31-16-5-6-19(18-31)25-23-13-15-29-27(28)26(23)32(30-25)20-9-11-22(12-10-20)35-21-7-3-2-4-8-21/h2-4,7-13,15,19H,5-6,14,16-18H2,1H3,(H2,28,29)/t19-/m1/s1. The first kappa shape index (κ1) is 22.9. The number of fused-ring (bicyclic) bond motifs is 1. The summed E-state index contributed by atoms with van der Waals surface area (Å²) in [6, 6.07) is 19.4. The number of para-hydroxylation sites is 1. The molecule has 2 aromatic heterocycles. The van der Waals surface area contributed by atoms with E-state index in [1.54, 1.807) is 13.3 Å². The molecular formula is C27H29N5O3. The summed E-state index contributed by atoms with van der Waals surface area (Å²) in [5.74, 6) is 2.19. The average Bonchev–Trinajstić information content (AvgIpc) is 3.29. The molecule has 0 spiro atoms. The van der Waals surface area contributed by atoms with E-state index in [1.807, 2.05) is 70.2 Å². The number of piperidine rings is 1. The van der Waals surface area contributed by atoms with Crippen molar-refractivity contribution in [2.75, 3.05) is 32.5 Å². The van der Waals surface area contributed by atoms with Gasteiger partial charge in [-0.05, 0) is 55.3 Å². The lowest BCUT2D eigenvalue weighted by Crippen LogP contribution is -2.39. The molecule has 2 aromatic carbocycles. The third-order valence-electron chi connectivity index (χ3n) is 6.39. The van der Waals surface area contributed by atoms with Gasteiger partial charge in [-0.15, -0.1) is 0 Å². The van der Waals surface area contributed by atoms with E-state index in [2.05, 4.69) is 4.98 Å². The van der Waals surface area contributed by atoms with Crippen LogP contribution in [-0.4, -0.2) is 52.4 Å². The van der Waals surface area contributed by atoms with Crippen LogP contribution in [0.1, 0.15) is 30.9 Å². The Morgan fingerprint density at radius 1 is 1.09 bits per heavy atom. The maximum Gasteiger partial charge on any atom is 0.224 e. The lowest BCUT2D eigenvalue weighted by molar-refractivity contribution is -0.133. The average molecular weight is 472 g/mol. The Hall–Kier alpha value is -3.91. The molecule has 0 saturated carbocycles. The molecule has 0 bridgehead atoms. The van der Waals surface area contributed by atoms with Crippen LogP contribution < -0.4 is 10.5 Å². The zero-order chi connectivity index (χ0) is 24.2. The summed E-state index contributed by atoms with van der Waals surface area (Å²) in [7, 11) is 1.61. The van der Waals surface area contributed by atoms with Gasteiger partial charge in [-0.25, -0.2) is 9.67 Å². The number of hydrogen-bond acceptors (Lipinski definition) is 6. The van der Waals surface area contributed by atoms with Crippen molar-refractivity contribution in [3.63, 3.8) is 0 Å². The Bertz CT molecular complexity index is 1300. The van der Waals surface area contributed by atoms with E-state index in [-0.39, 0.29) is 11.8 Å². The van der Waals surface area contributed by atoms with Crippen LogP contribution in [0, 0.1) is 0 Å². The molecule has 5 rings (SSSR count). The maximum absolute atomic E-state index is 12.6. The fourth-order valence-corrected chi connectivity index (χ4v) is 4.65. The summed E-state index contributed by atoms with van der Waals surface area (Å²) in [4.78, 5) is 18.9. The zero-order valence-electron chi connectivity index (χ0n) is 19.8. The molecule has 2 N–H and O–H groups in total. The number of rotatable bonds is 7. The maximum atomic E-state index is 12.6. The number of amides is 1. The lowest BCUT2D eigenvalue weighted by Gasteiger charge is -2.32. The van der Waals surface area contributed by atoms with Crippen LogP contribution in [0.25, 0.3) is 16.6 Å². The first-order valence-corrected chi connectivity index (χ1v) is 11.9. The molecule has 8 heteroatoms. The van der Waals surface area contributed by atoms with E-state index in [9.17, 15) is 4.79 Å². The molecule has 180 valence electrons. The highest BCUT2D eigenvalue weighted by atomic mass is 16.5. The van der Waals surface area contributed by atoms with Gasteiger partial charge in [0.1, 0.15) is 22.8 Å². The van der Waals surface area contributed by atoms with Crippen molar-refractivity contribution in [3.8, 4) is 17.2 Å². The molecule has 8 nitrogen and oxygen atoms in total. The first-order chi connectivity index (χ1) is 17.1. The number of nitrogens with zero attached hydrogens (tertiary/aromatic N) is 4. The fourth-order valence-electron chi connectivity index (χ4n) is 4.65. The summed E-state index contributed by atoms with van der Waals surface area (Å²) in [5.41, 5.74) is 8.92. The summed E-state index contributed by atoms with van der Waals surface area (Å²) in [6.45, 7) is 1.84. The number of methoxy groups -OCH3 is 1. The highest BCUT2D eigenvalue weighted by Crippen LogP contribution is 2.35. The van der Waals surface area contributed by atoms with Crippen LogP contribution >= 0.6 is 0 Å². The largest absolute Gasteiger partial charge is 0.457 e. The van der Waals surface area contributed by atoms with Crippen LogP contribution in [0.3, 0.4) is 0 Å².